The zero-order chi connectivity index (χ0) is 15.1. The Hall–Kier alpha value is -2.59. The van der Waals surface area contributed by atoms with Crippen molar-refractivity contribution in [3.63, 3.8) is 0 Å². The maximum Gasteiger partial charge on any atom is 0.189 e. The number of rotatable bonds is 4. The minimum absolute atomic E-state index is 0.0382. The molecule has 4 heteroatoms. The van der Waals surface area contributed by atoms with Gasteiger partial charge in [-0.1, -0.05) is 18.7 Å². The van der Waals surface area contributed by atoms with Gasteiger partial charge < -0.3 is 4.74 Å². The first-order valence-corrected chi connectivity index (χ1v) is 6.47. The molecule has 0 spiro atoms. The monoisotopic (exact) mass is 280 g/mol. The molecule has 1 fully saturated rings. The number of carbonyl (C=O) groups excluding carboxylic acids is 1. The normalized spacial score (nSPS) is 19.8. The van der Waals surface area contributed by atoms with E-state index < -0.39 is 0 Å². The molecule has 0 N–H and O–H groups in total. The van der Waals surface area contributed by atoms with Crippen molar-refractivity contribution in [3.05, 3.63) is 71.7 Å². The third kappa shape index (κ3) is 3.94. The summed E-state index contributed by atoms with van der Waals surface area (Å²) in [5.41, 5.74) is 2.60. The molecular weight excluding hydrogens is 264 g/mol. The van der Waals surface area contributed by atoms with Gasteiger partial charge in [-0.3, -0.25) is 14.8 Å². The van der Waals surface area contributed by atoms with Crippen LogP contribution < -0.4 is 0 Å². The lowest BCUT2D eigenvalue weighted by Gasteiger charge is -2.17. The van der Waals surface area contributed by atoms with Crippen LogP contribution in [0.5, 0.6) is 0 Å². The minimum Gasteiger partial charge on any atom is -0.372 e. The van der Waals surface area contributed by atoms with E-state index in [1.54, 1.807) is 36.7 Å². The van der Waals surface area contributed by atoms with Crippen molar-refractivity contribution in [2.75, 3.05) is 13.2 Å². The lowest BCUT2D eigenvalue weighted by molar-refractivity contribution is -0.114. The topological polar surface area (TPSA) is 51.5 Å². The fraction of sp³-hybridized carbons (Fsp3) is 0.118. The molecule has 0 saturated carbocycles. The number of allylic oxidation sites excluding steroid dienone is 3. The number of aliphatic imine (C=N–C) groups is 1. The second-order valence-electron chi connectivity index (χ2n) is 4.43. The molecule has 0 atom stereocenters. The molecule has 2 heterocycles. The minimum atomic E-state index is -0.0382. The molecule has 1 aromatic heterocycles. The van der Waals surface area contributed by atoms with Gasteiger partial charge in [0.05, 0.1) is 18.9 Å². The highest BCUT2D eigenvalue weighted by Crippen LogP contribution is 2.19. The smallest absolute Gasteiger partial charge is 0.189 e. The first kappa shape index (κ1) is 14.8. The van der Waals surface area contributed by atoms with E-state index in [1.165, 1.54) is 0 Å². The van der Waals surface area contributed by atoms with Crippen LogP contribution in [0.25, 0.3) is 6.08 Å². The van der Waals surface area contributed by atoms with Crippen LogP contribution in [0.15, 0.2) is 71.2 Å². The fourth-order valence-electron chi connectivity index (χ4n) is 1.93. The summed E-state index contributed by atoms with van der Waals surface area (Å²) >= 11 is 0. The maximum absolute atomic E-state index is 12.4. The summed E-state index contributed by atoms with van der Waals surface area (Å²) in [5, 5.41) is 0. The maximum atomic E-state index is 12.4. The quantitative estimate of drug-likeness (QED) is 0.484. The summed E-state index contributed by atoms with van der Waals surface area (Å²) < 4.78 is 5.47. The van der Waals surface area contributed by atoms with Crippen LogP contribution in [0.1, 0.15) is 5.56 Å². The first-order valence-electron chi connectivity index (χ1n) is 6.47. The number of hydrogen-bond donors (Lipinski definition) is 0. The molecule has 0 bridgehead atoms. The average Bonchev–Trinajstić information content (AvgIpc) is 2.51. The summed E-state index contributed by atoms with van der Waals surface area (Å²) in [7, 11) is 0. The molecule has 2 rings (SSSR count). The molecule has 1 aromatic rings. The molecule has 1 aliphatic heterocycles. The van der Waals surface area contributed by atoms with Gasteiger partial charge in [0.25, 0.3) is 0 Å². The van der Waals surface area contributed by atoms with Crippen LogP contribution in [0.4, 0.5) is 0 Å². The third-order valence-corrected chi connectivity index (χ3v) is 2.92. The van der Waals surface area contributed by atoms with E-state index in [-0.39, 0.29) is 12.4 Å². The van der Waals surface area contributed by atoms with Gasteiger partial charge in [-0.25, -0.2) is 0 Å². The Morgan fingerprint density at radius 2 is 2.19 bits per heavy atom. The van der Waals surface area contributed by atoms with E-state index in [1.807, 2.05) is 12.1 Å². The van der Waals surface area contributed by atoms with Crippen LogP contribution in [-0.4, -0.2) is 30.7 Å². The van der Waals surface area contributed by atoms with Crippen molar-refractivity contribution in [2.24, 2.45) is 4.99 Å². The van der Waals surface area contributed by atoms with Crippen molar-refractivity contribution >= 4 is 18.6 Å². The van der Waals surface area contributed by atoms with Crippen LogP contribution in [0, 0.1) is 0 Å². The van der Waals surface area contributed by atoms with Gasteiger partial charge in [0, 0.05) is 23.5 Å². The van der Waals surface area contributed by atoms with Crippen LogP contribution in [-0.2, 0) is 9.53 Å². The SMILES string of the molecule is C=C/C=C(/C=C1\COC/C(=C\c2cccnc2)C1=O)N=C. The van der Waals surface area contributed by atoms with E-state index in [4.69, 9.17) is 4.74 Å². The molecule has 106 valence electrons. The number of ketones is 1. The lowest BCUT2D eigenvalue weighted by Crippen LogP contribution is -2.22. The summed E-state index contributed by atoms with van der Waals surface area (Å²) in [6.07, 6.45) is 10.1. The van der Waals surface area contributed by atoms with Crippen LogP contribution in [0.3, 0.4) is 0 Å². The Bertz CT molecular complexity index is 640. The number of Topliss-reactive ketones (excluding diaryl/α,β-unsaturated/α-hetero) is 1. The largest absolute Gasteiger partial charge is 0.372 e. The summed E-state index contributed by atoms with van der Waals surface area (Å²) in [6, 6.07) is 3.71. The van der Waals surface area contributed by atoms with Gasteiger partial charge in [-0.05, 0) is 36.6 Å². The van der Waals surface area contributed by atoms with E-state index in [0.29, 0.717) is 23.5 Å². The Kier molecular flexibility index (Phi) is 5.12. The Labute approximate surface area is 123 Å². The van der Waals surface area contributed by atoms with Gasteiger partial charge in [0.15, 0.2) is 5.78 Å². The molecule has 0 radical (unpaired) electrons. The van der Waals surface area contributed by atoms with E-state index >= 15 is 0 Å². The molecule has 0 amide bonds. The molecule has 21 heavy (non-hydrogen) atoms. The van der Waals surface area contributed by atoms with Crippen molar-refractivity contribution in [2.45, 2.75) is 0 Å². The highest BCUT2D eigenvalue weighted by molar-refractivity contribution is 6.12. The van der Waals surface area contributed by atoms with Crippen LogP contribution in [0.2, 0.25) is 0 Å². The molecule has 0 aromatic carbocycles. The molecule has 0 aliphatic carbocycles. The summed E-state index contributed by atoms with van der Waals surface area (Å²) in [5.74, 6) is -0.0382. The summed E-state index contributed by atoms with van der Waals surface area (Å²) in [4.78, 5) is 20.3. The Morgan fingerprint density at radius 3 is 2.86 bits per heavy atom. The second kappa shape index (κ2) is 7.26. The number of nitrogens with zero attached hydrogens (tertiary/aromatic N) is 2. The van der Waals surface area contributed by atoms with Gasteiger partial charge in [0.1, 0.15) is 0 Å². The van der Waals surface area contributed by atoms with Crippen LogP contribution >= 0.6 is 0 Å². The summed E-state index contributed by atoms with van der Waals surface area (Å²) in [6.45, 7) is 7.64. The van der Waals surface area contributed by atoms with E-state index in [9.17, 15) is 4.79 Å². The highest BCUT2D eigenvalue weighted by atomic mass is 16.5. The molecule has 1 saturated heterocycles. The third-order valence-electron chi connectivity index (χ3n) is 2.92. The number of aromatic nitrogens is 1. The lowest BCUT2D eigenvalue weighted by atomic mass is 9.99. The van der Waals surface area contributed by atoms with Crippen molar-refractivity contribution in [1.29, 1.82) is 0 Å². The van der Waals surface area contributed by atoms with Gasteiger partial charge in [-0.15, -0.1) is 0 Å². The second-order valence-corrected chi connectivity index (χ2v) is 4.43. The zero-order valence-electron chi connectivity index (χ0n) is 11.7. The number of carbonyl (C=O) groups is 1. The van der Waals surface area contributed by atoms with Crippen molar-refractivity contribution in [1.82, 2.24) is 4.98 Å². The average molecular weight is 280 g/mol. The number of pyridine rings is 1. The van der Waals surface area contributed by atoms with Crippen molar-refractivity contribution < 1.29 is 9.53 Å². The number of ether oxygens (including phenoxy) is 1. The van der Waals surface area contributed by atoms with E-state index in [0.717, 1.165) is 5.56 Å². The van der Waals surface area contributed by atoms with Gasteiger partial charge in [0.2, 0.25) is 0 Å². The first-order chi connectivity index (χ1) is 10.2. The Balaban J connectivity index is 2.28. The molecular formula is C17H16N2O2. The van der Waals surface area contributed by atoms with Crippen molar-refractivity contribution in [3.8, 4) is 0 Å². The highest BCUT2D eigenvalue weighted by Gasteiger charge is 2.21. The Morgan fingerprint density at radius 1 is 1.38 bits per heavy atom. The van der Waals surface area contributed by atoms with Gasteiger partial charge in [-0.2, -0.15) is 0 Å². The standard InChI is InChI=1S/C17H16N2O2/c1-3-5-16(18-2)9-15-12-21-11-14(17(15)20)8-13-6-4-7-19-10-13/h3-10H,1-2,11-12H2/b14-8+,15-9+,16-5-. The molecule has 1 aliphatic rings. The number of hydrogen-bond acceptors (Lipinski definition) is 4. The zero-order valence-corrected chi connectivity index (χ0v) is 11.7. The molecule has 4 nitrogen and oxygen atoms in total. The van der Waals surface area contributed by atoms with Gasteiger partial charge >= 0.3 is 0 Å². The van der Waals surface area contributed by atoms with E-state index in [2.05, 4.69) is 23.3 Å². The fourth-order valence-corrected chi connectivity index (χ4v) is 1.93. The predicted molar refractivity (Wildman–Crippen MR) is 84.0 cm³/mol. The molecule has 0 unspecified atom stereocenters. The predicted octanol–water partition coefficient (Wildman–Crippen LogP) is 2.76.